The number of nitrogens with zero attached hydrogens (tertiary/aromatic N) is 1. The molecular formula is C8H19NSi. The molecule has 0 rings (SSSR count). The van der Waals surface area contributed by atoms with Crippen molar-refractivity contribution in [2.75, 3.05) is 14.1 Å². The summed E-state index contributed by atoms with van der Waals surface area (Å²) < 4.78 is 2.36. The zero-order valence-electron chi connectivity index (χ0n) is 8.02. The zero-order chi connectivity index (χ0) is 8.36. The fourth-order valence-electron chi connectivity index (χ4n) is 0.706. The van der Waals surface area contributed by atoms with Gasteiger partial charge in [0.15, 0.2) is 0 Å². The molecule has 0 aliphatic carbocycles. The molecule has 0 atom stereocenters. The van der Waals surface area contributed by atoms with Crippen LogP contribution >= 0.6 is 0 Å². The molecule has 0 saturated carbocycles. The van der Waals surface area contributed by atoms with E-state index in [2.05, 4.69) is 51.7 Å². The van der Waals surface area contributed by atoms with E-state index in [4.69, 9.17) is 0 Å². The first-order valence-corrected chi connectivity index (χ1v) is 6.68. The van der Waals surface area contributed by atoms with Gasteiger partial charge in [-0.2, -0.15) is 0 Å². The van der Waals surface area contributed by atoms with Crippen molar-refractivity contribution >= 4 is 8.24 Å². The first-order chi connectivity index (χ1) is 4.42. The van der Waals surface area contributed by atoms with E-state index >= 15 is 0 Å². The van der Waals surface area contributed by atoms with Crippen molar-refractivity contribution in [3.8, 4) is 0 Å². The van der Waals surface area contributed by atoms with E-state index in [1.807, 2.05) is 0 Å². The second-order valence-corrected chi connectivity index (χ2v) is 8.23. The van der Waals surface area contributed by atoms with Gasteiger partial charge in [0.05, 0.1) is 0 Å². The Morgan fingerprint density at radius 2 is 1.70 bits per heavy atom. The summed E-state index contributed by atoms with van der Waals surface area (Å²) in [4.78, 5) is 0. The monoisotopic (exact) mass is 157 g/mol. The second-order valence-electron chi connectivity index (χ2n) is 3.43. The molecule has 2 heteroatoms. The predicted molar refractivity (Wildman–Crippen MR) is 50.6 cm³/mol. The maximum atomic E-state index is 2.36. The molecule has 0 aromatic carbocycles. The van der Waals surface area contributed by atoms with Gasteiger partial charge >= 0.3 is 0 Å². The Balaban J connectivity index is 4.40. The molecule has 0 N–H and O–H groups in total. The van der Waals surface area contributed by atoms with Gasteiger partial charge < -0.3 is 4.57 Å². The lowest BCUT2D eigenvalue weighted by Crippen LogP contribution is -2.44. The number of rotatable bonds is 2. The van der Waals surface area contributed by atoms with Gasteiger partial charge in [0.1, 0.15) is 8.24 Å². The second kappa shape index (κ2) is 3.35. The minimum Gasteiger partial charge on any atom is -0.326 e. The van der Waals surface area contributed by atoms with Crippen molar-refractivity contribution in [2.45, 2.75) is 26.9 Å². The van der Waals surface area contributed by atoms with Crippen LogP contribution in [0.2, 0.25) is 13.1 Å². The summed E-state index contributed by atoms with van der Waals surface area (Å²) in [5.41, 5.74) is 0. The maximum absolute atomic E-state index is 2.36. The van der Waals surface area contributed by atoms with Crippen molar-refractivity contribution in [3.63, 3.8) is 0 Å². The highest BCUT2D eigenvalue weighted by Crippen LogP contribution is 2.15. The molecule has 60 valence electrons. The van der Waals surface area contributed by atoms with E-state index in [9.17, 15) is 0 Å². The van der Waals surface area contributed by atoms with Gasteiger partial charge in [-0.3, -0.25) is 0 Å². The first-order valence-electron chi connectivity index (χ1n) is 3.73. The van der Waals surface area contributed by atoms with Gasteiger partial charge in [-0.05, 0) is 27.9 Å². The molecule has 0 fully saturated rings. The molecule has 0 saturated heterocycles. The summed E-state index contributed by atoms with van der Waals surface area (Å²) in [7, 11) is 3.14. The van der Waals surface area contributed by atoms with Crippen LogP contribution in [0.4, 0.5) is 0 Å². The van der Waals surface area contributed by atoms with Crippen molar-refractivity contribution in [2.24, 2.45) is 0 Å². The fourth-order valence-corrected chi connectivity index (χ4v) is 2.12. The highest BCUT2D eigenvalue weighted by Gasteiger charge is 2.24. The molecule has 0 aromatic heterocycles. The van der Waals surface area contributed by atoms with E-state index in [1.165, 1.54) is 0 Å². The molecule has 10 heavy (non-hydrogen) atoms. The summed E-state index contributed by atoms with van der Waals surface area (Å²) in [6.07, 6.45) is 2.23. The SMILES string of the molecule is C/C=C(\C)[Si](C)(C)N(C)C. The highest BCUT2D eigenvalue weighted by atomic mass is 28.3. The fraction of sp³-hybridized carbons (Fsp3) is 0.750. The number of allylic oxidation sites excluding steroid dienone is 2. The number of hydrogen-bond donors (Lipinski definition) is 0. The quantitative estimate of drug-likeness (QED) is 0.556. The van der Waals surface area contributed by atoms with Crippen LogP contribution in [0.15, 0.2) is 11.3 Å². The molecule has 0 unspecified atom stereocenters. The van der Waals surface area contributed by atoms with Crippen molar-refractivity contribution in [3.05, 3.63) is 11.3 Å². The molecule has 0 radical (unpaired) electrons. The van der Waals surface area contributed by atoms with E-state index in [0.29, 0.717) is 0 Å². The Hall–Kier alpha value is -0.0831. The molecular weight excluding hydrogens is 138 g/mol. The third kappa shape index (κ3) is 1.96. The minimum atomic E-state index is -1.19. The molecule has 0 heterocycles. The highest BCUT2D eigenvalue weighted by molar-refractivity contribution is 6.81. The molecule has 1 nitrogen and oxygen atoms in total. The minimum absolute atomic E-state index is 1.19. The number of hydrogen-bond acceptors (Lipinski definition) is 1. The van der Waals surface area contributed by atoms with Crippen LogP contribution in [0, 0.1) is 0 Å². The van der Waals surface area contributed by atoms with Crippen LogP contribution in [-0.2, 0) is 0 Å². The summed E-state index contributed by atoms with van der Waals surface area (Å²) in [6.45, 7) is 9.07. The van der Waals surface area contributed by atoms with Gasteiger partial charge in [0, 0.05) is 0 Å². The van der Waals surface area contributed by atoms with Crippen LogP contribution in [0.5, 0.6) is 0 Å². The van der Waals surface area contributed by atoms with Crippen molar-refractivity contribution in [1.29, 1.82) is 0 Å². The third-order valence-electron chi connectivity index (χ3n) is 2.52. The molecule has 0 bridgehead atoms. The maximum Gasteiger partial charge on any atom is 0.149 e. The van der Waals surface area contributed by atoms with Crippen molar-refractivity contribution in [1.82, 2.24) is 4.57 Å². The van der Waals surface area contributed by atoms with Crippen LogP contribution in [0.1, 0.15) is 13.8 Å². The van der Waals surface area contributed by atoms with Crippen LogP contribution < -0.4 is 0 Å². The topological polar surface area (TPSA) is 3.24 Å². The summed E-state index contributed by atoms with van der Waals surface area (Å²) >= 11 is 0. The van der Waals surface area contributed by atoms with Crippen molar-refractivity contribution < 1.29 is 0 Å². The summed E-state index contributed by atoms with van der Waals surface area (Å²) in [5, 5.41) is 1.55. The lowest BCUT2D eigenvalue weighted by atomic mass is 10.6. The summed E-state index contributed by atoms with van der Waals surface area (Å²) in [6, 6.07) is 0. The third-order valence-corrected chi connectivity index (χ3v) is 6.97. The Morgan fingerprint density at radius 3 is 1.80 bits per heavy atom. The first kappa shape index (κ1) is 9.92. The van der Waals surface area contributed by atoms with Crippen LogP contribution in [-0.4, -0.2) is 26.9 Å². The lowest BCUT2D eigenvalue weighted by Gasteiger charge is -2.31. The summed E-state index contributed by atoms with van der Waals surface area (Å²) in [5.74, 6) is 0. The predicted octanol–water partition coefficient (Wildman–Crippen LogP) is 2.26. The van der Waals surface area contributed by atoms with E-state index < -0.39 is 8.24 Å². The van der Waals surface area contributed by atoms with E-state index in [0.717, 1.165) is 0 Å². The average molecular weight is 157 g/mol. The molecule has 0 aliphatic heterocycles. The van der Waals surface area contributed by atoms with Gasteiger partial charge in [-0.1, -0.05) is 24.4 Å². The Kier molecular flexibility index (Phi) is 3.32. The largest absolute Gasteiger partial charge is 0.326 e. The zero-order valence-corrected chi connectivity index (χ0v) is 9.02. The van der Waals surface area contributed by atoms with Crippen LogP contribution in [0.25, 0.3) is 0 Å². The van der Waals surface area contributed by atoms with E-state index in [-0.39, 0.29) is 0 Å². The Morgan fingerprint density at radius 1 is 1.30 bits per heavy atom. The standard InChI is InChI=1S/C8H19NSi/c1-7-8(2)10(5,6)9(3)4/h7H,1-6H3/b8-7+. The molecule has 0 spiro atoms. The van der Waals surface area contributed by atoms with Gasteiger partial charge in [-0.25, -0.2) is 0 Å². The Bertz CT molecular complexity index is 136. The molecule has 0 amide bonds. The van der Waals surface area contributed by atoms with Gasteiger partial charge in [-0.15, -0.1) is 0 Å². The Labute approximate surface area is 65.8 Å². The lowest BCUT2D eigenvalue weighted by molar-refractivity contribution is 0.628. The molecule has 0 aromatic rings. The smallest absolute Gasteiger partial charge is 0.149 e. The van der Waals surface area contributed by atoms with Crippen LogP contribution in [0.3, 0.4) is 0 Å². The average Bonchev–Trinajstić information content (AvgIpc) is 1.86. The van der Waals surface area contributed by atoms with Gasteiger partial charge in [0.2, 0.25) is 0 Å². The van der Waals surface area contributed by atoms with E-state index in [1.54, 1.807) is 5.20 Å². The molecule has 0 aliphatic rings. The normalized spacial score (nSPS) is 14.5. The van der Waals surface area contributed by atoms with Gasteiger partial charge in [0.25, 0.3) is 0 Å².